The number of anilines is 6. The van der Waals surface area contributed by atoms with Crippen molar-refractivity contribution in [3.05, 3.63) is 53.7 Å². The van der Waals surface area contributed by atoms with E-state index in [1.165, 1.54) is 25.9 Å². The summed E-state index contributed by atoms with van der Waals surface area (Å²) in [6.07, 6.45) is 4.26. The van der Waals surface area contributed by atoms with Crippen molar-refractivity contribution >= 4 is 57.2 Å². The van der Waals surface area contributed by atoms with Crippen LogP contribution in [0.25, 0.3) is 11.0 Å². The van der Waals surface area contributed by atoms with Gasteiger partial charge in [-0.1, -0.05) is 23.7 Å². The summed E-state index contributed by atoms with van der Waals surface area (Å²) in [6.45, 7) is 6.27. The monoisotopic (exact) mass is 587 g/mol. The zero-order valence-electron chi connectivity index (χ0n) is 24.4. The Labute approximate surface area is 251 Å². The van der Waals surface area contributed by atoms with Crippen molar-refractivity contribution in [3.8, 4) is 5.75 Å². The van der Waals surface area contributed by atoms with Crippen LogP contribution in [0.15, 0.2) is 48.7 Å². The SMILES string of the molecule is CN1CCC(N2CCN3c4ccc(Nc5nc(Nc6ccccc6N(C)C)c6c(Cl)c[nH]c6n5)cc4OCC3C2)CC1. The van der Waals surface area contributed by atoms with E-state index < -0.39 is 0 Å². The molecule has 4 aromatic rings. The fourth-order valence-electron chi connectivity index (χ4n) is 6.53. The van der Waals surface area contributed by atoms with Gasteiger partial charge in [0.05, 0.1) is 33.5 Å². The third-order valence-corrected chi connectivity index (χ3v) is 9.10. The van der Waals surface area contributed by atoms with Crippen molar-refractivity contribution in [3.63, 3.8) is 0 Å². The van der Waals surface area contributed by atoms with Gasteiger partial charge in [0.2, 0.25) is 5.95 Å². The molecular formula is C31H38ClN9O. The number of H-pyrrole nitrogens is 1. The van der Waals surface area contributed by atoms with Gasteiger partial charge in [0.1, 0.15) is 23.8 Å². The molecule has 0 amide bonds. The zero-order chi connectivity index (χ0) is 28.8. The fourth-order valence-corrected chi connectivity index (χ4v) is 6.76. The van der Waals surface area contributed by atoms with E-state index in [1.807, 2.05) is 32.3 Å². The van der Waals surface area contributed by atoms with Gasteiger partial charge in [-0.3, -0.25) is 4.90 Å². The van der Waals surface area contributed by atoms with Crippen LogP contribution in [0.2, 0.25) is 5.02 Å². The molecule has 2 aromatic heterocycles. The van der Waals surface area contributed by atoms with Gasteiger partial charge in [0.25, 0.3) is 0 Å². The quantitative estimate of drug-likeness (QED) is 0.284. The molecule has 3 aliphatic heterocycles. The highest BCUT2D eigenvalue weighted by molar-refractivity contribution is 6.36. The smallest absolute Gasteiger partial charge is 0.231 e. The van der Waals surface area contributed by atoms with E-state index >= 15 is 0 Å². The average molecular weight is 588 g/mol. The number of halogens is 1. The summed E-state index contributed by atoms with van der Waals surface area (Å²) in [7, 11) is 6.26. The third kappa shape index (κ3) is 5.19. The molecule has 3 N–H and O–H groups in total. The summed E-state index contributed by atoms with van der Waals surface area (Å²) < 4.78 is 6.34. The number of aromatic amines is 1. The third-order valence-electron chi connectivity index (χ3n) is 8.80. The second kappa shape index (κ2) is 11.2. The van der Waals surface area contributed by atoms with Gasteiger partial charge in [0, 0.05) is 57.7 Å². The molecule has 220 valence electrons. The maximum Gasteiger partial charge on any atom is 0.231 e. The lowest BCUT2D eigenvalue weighted by molar-refractivity contribution is 0.0868. The predicted octanol–water partition coefficient (Wildman–Crippen LogP) is 5.14. The summed E-state index contributed by atoms with van der Waals surface area (Å²) in [5, 5.41) is 8.19. The maximum atomic E-state index is 6.54. The van der Waals surface area contributed by atoms with Crippen LogP contribution in [0.1, 0.15) is 12.8 Å². The van der Waals surface area contributed by atoms with Gasteiger partial charge < -0.3 is 35.1 Å². The first-order valence-corrected chi connectivity index (χ1v) is 15.1. The van der Waals surface area contributed by atoms with Crippen LogP contribution in [-0.4, -0.2) is 97.3 Å². The number of hydrogen-bond acceptors (Lipinski definition) is 9. The van der Waals surface area contributed by atoms with Gasteiger partial charge in [-0.2, -0.15) is 9.97 Å². The minimum absolute atomic E-state index is 0.381. The number of para-hydroxylation sites is 2. The molecule has 5 heterocycles. The topological polar surface area (TPSA) is 87.8 Å². The molecule has 0 saturated carbocycles. The van der Waals surface area contributed by atoms with E-state index in [9.17, 15) is 0 Å². The van der Waals surface area contributed by atoms with Crippen LogP contribution in [0.4, 0.5) is 34.5 Å². The molecule has 0 radical (unpaired) electrons. The Morgan fingerprint density at radius 2 is 1.83 bits per heavy atom. The molecule has 10 nitrogen and oxygen atoms in total. The first-order valence-electron chi connectivity index (χ1n) is 14.7. The van der Waals surface area contributed by atoms with E-state index in [2.05, 4.69) is 66.5 Å². The van der Waals surface area contributed by atoms with Crippen LogP contribution >= 0.6 is 11.6 Å². The van der Waals surface area contributed by atoms with E-state index in [1.54, 1.807) is 6.20 Å². The Morgan fingerprint density at radius 3 is 2.67 bits per heavy atom. The van der Waals surface area contributed by atoms with Gasteiger partial charge in [-0.25, -0.2) is 0 Å². The van der Waals surface area contributed by atoms with Gasteiger partial charge in [0.15, 0.2) is 0 Å². The second-order valence-corrected chi connectivity index (χ2v) is 12.2. The molecule has 3 aliphatic rings. The lowest BCUT2D eigenvalue weighted by atomic mass is 10.00. The molecule has 42 heavy (non-hydrogen) atoms. The average Bonchev–Trinajstić information content (AvgIpc) is 3.37. The molecule has 1 unspecified atom stereocenters. The fraction of sp³-hybridized carbons (Fsp3) is 0.419. The van der Waals surface area contributed by atoms with Crippen LogP contribution in [-0.2, 0) is 0 Å². The van der Waals surface area contributed by atoms with Gasteiger partial charge in [-0.15, -0.1) is 0 Å². The number of likely N-dealkylation sites (tertiary alicyclic amines) is 1. The van der Waals surface area contributed by atoms with Crippen molar-refractivity contribution in [2.75, 3.05) is 80.9 Å². The summed E-state index contributed by atoms with van der Waals surface area (Å²) >= 11 is 6.54. The minimum Gasteiger partial charge on any atom is -0.489 e. The van der Waals surface area contributed by atoms with Crippen molar-refractivity contribution in [1.29, 1.82) is 0 Å². The highest BCUT2D eigenvalue weighted by Crippen LogP contribution is 2.39. The van der Waals surface area contributed by atoms with Crippen molar-refractivity contribution < 1.29 is 4.74 Å². The highest BCUT2D eigenvalue weighted by Gasteiger charge is 2.36. The molecule has 2 aromatic carbocycles. The molecule has 2 fully saturated rings. The molecule has 0 spiro atoms. The van der Waals surface area contributed by atoms with E-state index in [0.717, 1.165) is 53.5 Å². The van der Waals surface area contributed by atoms with Gasteiger partial charge in [-0.05, 0) is 57.2 Å². The van der Waals surface area contributed by atoms with Crippen molar-refractivity contribution in [2.24, 2.45) is 0 Å². The number of piperidine rings is 1. The summed E-state index contributed by atoms with van der Waals surface area (Å²) in [5.74, 6) is 1.99. The molecule has 1 atom stereocenters. The number of aromatic nitrogens is 3. The molecule has 0 aliphatic carbocycles. The number of fused-ring (bicyclic) bond motifs is 4. The van der Waals surface area contributed by atoms with E-state index in [-0.39, 0.29) is 0 Å². The van der Waals surface area contributed by atoms with E-state index in [4.69, 9.17) is 26.3 Å². The predicted molar refractivity (Wildman–Crippen MR) is 171 cm³/mol. The number of piperazine rings is 1. The number of hydrogen-bond donors (Lipinski definition) is 3. The zero-order valence-corrected chi connectivity index (χ0v) is 25.2. The van der Waals surface area contributed by atoms with Crippen LogP contribution in [0.3, 0.4) is 0 Å². The minimum atomic E-state index is 0.381. The van der Waals surface area contributed by atoms with Crippen LogP contribution in [0.5, 0.6) is 5.75 Å². The summed E-state index contributed by atoms with van der Waals surface area (Å²) in [4.78, 5) is 22.5. The van der Waals surface area contributed by atoms with Gasteiger partial charge >= 0.3 is 0 Å². The number of benzene rings is 2. The lowest BCUT2D eigenvalue weighted by Gasteiger charge is -2.48. The summed E-state index contributed by atoms with van der Waals surface area (Å²) in [6, 6.07) is 15.5. The van der Waals surface area contributed by atoms with Crippen LogP contribution < -0.4 is 25.2 Å². The normalized spacial score (nSPS) is 19.7. The Hall–Kier alpha value is -3.73. The second-order valence-electron chi connectivity index (χ2n) is 11.8. The Kier molecular flexibility index (Phi) is 7.21. The first-order chi connectivity index (χ1) is 20.4. The lowest BCUT2D eigenvalue weighted by Crippen LogP contribution is -2.60. The van der Waals surface area contributed by atoms with E-state index in [0.29, 0.717) is 41.1 Å². The maximum absolute atomic E-state index is 6.54. The Morgan fingerprint density at radius 1 is 1.00 bits per heavy atom. The first kappa shape index (κ1) is 27.1. The number of ether oxygens (including phenoxy) is 1. The molecule has 11 heteroatoms. The largest absolute Gasteiger partial charge is 0.489 e. The number of nitrogens with one attached hydrogen (secondary N) is 3. The van der Waals surface area contributed by atoms with Crippen molar-refractivity contribution in [1.82, 2.24) is 24.8 Å². The van der Waals surface area contributed by atoms with Crippen LogP contribution in [0, 0.1) is 0 Å². The molecular weight excluding hydrogens is 550 g/mol. The standard InChI is InChI=1S/C31H38ClN9O/c1-38(2)25-7-5-4-6-24(25)35-30-28-23(32)17-33-29(28)36-31(37-30)34-20-8-9-26-27(16-20)42-19-22-18-40(14-15-41(22)26)21-10-12-39(3)13-11-21/h4-9,16-17,21-22H,10-15,18-19H2,1-3H3,(H3,33,34,35,36,37). The molecule has 0 bridgehead atoms. The van der Waals surface area contributed by atoms with Crippen molar-refractivity contribution in [2.45, 2.75) is 24.9 Å². The molecule has 7 rings (SSSR count). The summed E-state index contributed by atoms with van der Waals surface area (Å²) in [5.41, 5.74) is 4.66. The number of rotatable bonds is 6. The molecule has 2 saturated heterocycles. The number of nitrogens with zero attached hydrogens (tertiary/aromatic N) is 6. The highest BCUT2D eigenvalue weighted by atomic mass is 35.5. The Balaban J connectivity index is 1.10. The Bertz CT molecular complexity index is 1580.